The maximum Gasteiger partial charge on any atom is 0.259 e. The van der Waals surface area contributed by atoms with E-state index in [1.54, 1.807) is 48.6 Å². The summed E-state index contributed by atoms with van der Waals surface area (Å²) in [4.78, 5) is 36.3. The Morgan fingerprint density at radius 3 is 3.00 bits per heavy atom. The summed E-state index contributed by atoms with van der Waals surface area (Å²) in [5.41, 5.74) is 1.92. The molecular formula is C21H22ClN3O3S. The molecule has 1 N–H and O–H groups in total. The lowest BCUT2D eigenvalue weighted by Crippen LogP contribution is -2.27. The van der Waals surface area contributed by atoms with Crippen LogP contribution in [0.25, 0.3) is 10.2 Å². The van der Waals surface area contributed by atoms with Crippen LogP contribution in [0.15, 0.2) is 23.0 Å². The second-order valence-electron chi connectivity index (χ2n) is 7.26. The normalized spacial score (nSPS) is 12.9. The number of thiophene rings is 1. The molecule has 1 aliphatic carbocycles. The number of hydrogen-bond donors (Lipinski definition) is 1. The van der Waals surface area contributed by atoms with E-state index in [0.717, 1.165) is 40.6 Å². The zero-order valence-electron chi connectivity index (χ0n) is 16.4. The number of carbonyl (C=O) groups is 1. The number of aromatic amines is 1. The van der Waals surface area contributed by atoms with Crippen LogP contribution < -0.4 is 10.3 Å². The minimum absolute atomic E-state index is 0.0385. The molecular weight excluding hydrogens is 410 g/mol. The fourth-order valence-electron chi connectivity index (χ4n) is 3.80. The van der Waals surface area contributed by atoms with E-state index in [2.05, 4.69) is 9.97 Å². The Labute approximate surface area is 177 Å². The molecule has 29 heavy (non-hydrogen) atoms. The SMILES string of the molecule is COc1ccc(Cl)cc1CN(C)C(=O)CCc1nc2sc3c(c2c(=O)[nH]1)CCC3. The van der Waals surface area contributed by atoms with Crippen LogP contribution in [-0.4, -0.2) is 34.9 Å². The molecule has 1 amide bonds. The number of aryl methyl sites for hydroxylation is 3. The highest BCUT2D eigenvalue weighted by atomic mass is 35.5. The van der Waals surface area contributed by atoms with Crippen molar-refractivity contribution in [2.45, 2.75) is 38.6 Å². The third-order valence-electron chi connectivity index (χ3n) is 5.28. The molecule has 4 rings (SSSR count). The van der Waals surface area contributed by atoms with Crippen molar-refractivity contribution in [3.05, 3.63) is 55.4 Å². The maximum absolute atomic E-state index is 12.6. The molecule has 1 aromatic carbocycles. The first-order chi connectivity index (χ1) is 14.0. The van der Waals surface area contributed by atoms with Gasteiger partial charge in [0.25, 0.3) is 5.56 Å². The molecule has 0 saturated carbocycles. The molecule has 8 heteroatoms. The van der Waals surface area contributed by atoms with Crippen LogP contribution in [0.1, 0.15) is 34.7 Å². The number of H-pyrrole nitrogens is 1. The van der Waals surface area contributed by atoms with Gasteiger partial charge in [0.1, 0.15) is 16.4 Å². The Balaban J connectivity index is 1.44. The molecule has 0 fully saturated rings. The molecule has 0 saturated heterocycles. The largest absolute Gasteiger partial charge is 0.496 e. The topological polar surface area (TPSA) is 75.3 Å². The monoisotopic (exact) mass is 431 g/mol. The average molecular weight is 432 g/mol. The van der Waals surface area contributed by atoms with Crippen LogP contribution in [0, 0.1) is 0 Å². The molecule has 3 aromatic rings. The first-order valence-corrected chi connectivity index (χ1v) is 10.8. The predicted molar refractivity (Wildman–Crippen MR) is 115 cm³/mol. The molecule has 0 bridgehead atoms. The molecule has 2 heterocycles. The van der Waals surface area contributed by atoms with E-state index in [9.17, 15) is 9.59 Å². The number of rotatable bonds is 6. The van der Waals surface area contributed by atoms with E-state index >= 15 is 0 Å². The van der Waals surface area contributed by atoms with Gasteiger partial charge in [-0.05, 0) is 43.0 Å². The lowest BCUT2D eigenvalue weighted by atomic mass is 10.1. The van der Waals surface area contributed by atoms with E-state index in [-0.39, 0.29) is 17.9 Å². The summed E-state index contributed by atoms with van der Waals surface area (Å²) in [6.07, 6.45) is 3.75. The number of halogens is 1. The molecule has 1 aliphatic rings. The predicted octanol–water partition coefficient (Wildman–Crippen LogP) is 3.73. The standard InChI is InChI=1S/C21H22ClN3O3S/c1-25(11-12-10-13(22)6-7-15(12)28-2)18(26)9-8-17-23-20(27)19-14-4-3-5-16(14)29-21(19)24-17/h6-7,10H,3-5,8-9,11H2,1-2H3,(H,23,24,27). The van der Waals surface area contributed by atoms with Crippen molar-refractivity contribution in [2.75, 3.05) is 14.2 Å². The second kappa shape index (κ2) is 8.16. The van der Waals surface area contributed by atoms with Gasteiger partial charge in [-0.15, -0.1) is 11.3 Å². The smallest absolute Gasteiger partial charge is 0.259 e. The van der Waals surface area contributed by atoms with Crippen LogP contribution in [0.3, 0.4) is 0 Å². The van der Waals surface area contributed by atoms with Gasteiger partial charge >= 0.3 is 0 Å². The van der Waals surface area contributed by atoms with Crippen LogP contribution in [0.4, 0.5) is 0 Å². The third kappa shape index (κ3) is 4.02. The first kappa shape index (κ1) is 19.9. The summed E-state index contributed by atoms with van der Waals surface area (Å²) in [5, 5.41) is 1.34. The average Bonchev–Trinajstić information content (AvgIpc) is 3.27. The molecule has 0 aliphatic heterocycles. The first-order valence-electron chi connectivity index (χ1n) is 9.56. The number of ether oxygens (including phenoxy) is 1. The number of methoxy groups -OCH3 is 1. The van der Waals surface area contributed by atoms with Gasteiger partial charge in [0.15, 0.2) is 0 Å². The van der Waals surface area contributed by atoms with E-state index in [1.165, 1.54) is 4.88 Å². The van der Waals surface area contributed by atoms with Gasteiger partial charge in [0.05, 0.1) is 12.5 Å². The van der Waals surface area contributed by atoms with Gasteiger partial charge in [0.2, 0.25) is 5.91 Å². The van der Waals surface area contributed by atoms with Crippen molar-refractivity contribution in [2.24, 2.45) is 0 Å². The highest BCUT2D eigenvalue weighted by molar-refractivity contribution is 7.18. The molecule has 152 valence electrons. The summed E-state index contributed by atoms with van der Waals surface area (Å²) in [6.45, 7) is 0.392. The molecule has 0 atom stereocenters. The Bertz CT molecular complexity index is 1140. The van der Waals surface area contributed by atoms with Crippen molar-refractivity contribution in [3.8, 4) is 5.75 Å². The summed E-state index contributed by atoms with van der Waals surface area (Å²) >= 11 is 7.68. The van der Waals surface area contributed by atoms with Crippen molar-refractivity contribution in [3.63, 3.8) is 0 Å². The van der Waals surface area contributed by atoms with E-state index < -0.39 is 0 Å². The van der Waals surface area contributed by atoms with Crippen LogP contribution in [0.5, 0.6) is 5.75 Å². The number of nitrogens with zero attached hydrogens (tertiary/aromatic N) is 2. The minimum atomic E-state index is -0.0890. The fourth-order valence-corrected chi connectivity index (χ4v) is 5.27. The highest BCUT2D eigenvalue weighted by Crippen LogP contribution is 2.34. The quantitative estimate of drug-likeness (QED) is 0.645. The van der Waals surface area contributed by atoms with E-state index in [0.29, 0.717) is 29.6 Å². The Morgan fingerprint density at radius 2 is 2.21 bits per heavy atom. The van der Waals surface area contributed by atoms with Gasteiger partial charge in [-0.3, -0.25) is 9.59 Å². The van der Waals surface area contributed by atoms with Gasteiger partial charge in [-0.1, -0.05) is 11.6 Å². The minimum Gasteiger partial charge on any atom is -0.496 e. The lowest BCUT2D eigenvalue weighted by molar-refractivity contribution is -0.130. The van der Waals surface area contributed by atoms with Gasteiger partial charge in [-0.25, -0.2) is 4.98 Å². The third-order valence-corrected chi connectivity index (χ3v) is 6.70. The molecule has 6 nitrogen and oxygen atoms in total. The number of amides is 1. The zero-order valence-corrected chi connectivity index (χ0v) is 18.0. The van der Waals surface area contributed by atoms with E-state index in [4.69, 9.17) is 16.3 Å². The lowest BCUT2D eigenvalue weighted by Gasteiger charge is -2.19. The number of aromatic nitrogens is 2. The van der Waals surface area contributed by atoms with Gasteiger partial charge in [0, 0.05) is 41.9 Å². The summed E-state index contributed by atoms with van der Waals surface area (Å²) in [5.74, 6) is 1.21. The molecule has 2 aromatic heterocycles. The second-order valence-corrected chi connectivity index (χ2v) is 8.78. The van der Waals surface area contributed by atoms with Gasteiger partial charge < -0.3 is 14.6 Å². The van der Waals surface area contributed by atoms with Crippen molar-refractivity contribution in [1.29, 1.82) is 0 Å². The zero-order chi connectivity index (χ0) is 20.5. The Hall–Kier alpha value is -2.38. The van der Waals surface area contributed by atoms with Crippen LogP contribution in [-0.2, 0) is 30.6 Å². The van der Waals surface area contributed by atoms with Crippen LogP contribution >= 0.6 is 22.9 Å². The number of fused-ring (bicyclic) bond motifs is 3. The number of benzene rings is 1. The summed E-state index contributed by atoms with van der Waals surface area (Å²) in [6, 6.07) is 5.34. The summed E-state index contributed by atoms with van der Waals surface area (Å²) < 4.78 is 5.34. The van der Waals surface area contributed by atoms with Gasteiger partial charge in [-0.2, -0.15) is 0 Å². The Kier molecular flexibility index (Phi) is 5.61. The molecule has 0 radical (unpaired) electrons. The molecule has 0 unspecified atom stereocenters. The maximum atomic E-state index is 12.6. The fraction of sp³-hybridized carbons (Fsp3) is 0.381. The number of carbonyl (C=O) groups excluding carboxylic acids is 1. The van der Waals surface area contributed by atoms with E-state index in [1.807, 2.05) is 0 Å². The van der Waals surface area contributed by atoms with Crippen molar-refractivity contribution < 1.29 is 9.53 Å². The number of hydrogen-bond acceptors (Lipinski definition) is 5. The summed E-state index contributed by atoms with van der Waals surface area (Å²) in [7, 11) is 3.33. The molecule has 0 spiro atoms. The van der Waals surface area contributed by atoms with Crippen LogP contribution in [0.2, 0.25) is 5.02 Å². The Morgan fingerprint density at radius 1 is 1.38 bits per heavy atom. The van der Waals surface area contributed by atoms with Crippen molar-refractivity contribution in [1.82, 2.24) is 14.9 Å². The highest BCUT2D eigenvalue weighted by Gasteiger charge is 2.21. The van der Waals surface area contributed by atoms with Crippen molar-refractivity contribution >= 4 is 39.1 Å². The number of nitrogens with one attached hydrogen (secondary N) is 1.